The fourth-order valence-electron chi connectivity index (χ4n) is 4.59. The minimum Gasteiger partial charge on any atom is -0.490 e. The van der Waals surface area contributed by atoms with E-state index < -0.39 is 0 Å². The molecule has 2 heterocycles. The van der Waals surface area contributed by atoms with Gasteiger partial charge in [-0.15, -0.1) is 0 Å². The van der Waals surface area contributed by atoms with Crippen molar-refractivity contribution in [3.8, 4) is 11.5 Å². The van der Waals surface area contributed by atoms with E-state index in [0.717, 1.165) is 43.4 Å². The van der Waals surface area contributed by atoms with Crippen LogP contribution in [0.15, 0.2) is 24.4 Å². The first-order valence-electron chi connectivity index (χ1n) is 11.2. The Hall–Kier alpha value is -2.14. The predicted octanol–water partition coefficient (Wildman–Crippen LogP) is 4.88. The summed E-state index contributed by atoms with van der Waals surface area (Å²) in [6.45, 7) is 8.05. The van der Waals surface area contributed by atoms with Gasteiger partial charge in [0.25, 0.3) is 0 Å². The van der Waals surface area contributed by atoms with Crippen LogP contribution in [0.2, 0.25) is 0 Å². The Kier molecular flexibility index (Phi) is 6.65. The number of hydrogen-bond donors (Lipinski definition) is 0. The highest BCUT2D eigenvalue weighted by Gasteiger charge is 2.23. The summed E-state index contributed by atoms with van der Waals surface area (Å²) < 4.78 is 11.7. The Bertz CT molecular complexity index is 818. The van der Waals surface area contributed by atoms with Crippen LogP contribution in [-0.2, 0) is 19.5 Å². The van der Waals surface area contributed by atoms with E-state index in [1.165, 1.54) is 48.9 Å². The lowest BCUT2D eigenvalue weighted by Gasteiger charge is -2.29. The lowest BCUT2D eigenvalue weighted by atomic mass is 9.88. The zero-order chi connectivity index (χ0) is 20.1. The molecule has 0 radical (unpaired) electrons. The van der Waals surface area contributed by atoms with Crippen LogP contribution in [0.1, 0.15) is 74.5 Å². The van der Waals surface area contributed by atoms with Crippen molar-refractivity contribution < 1.29 is 9.47 Å². The van der Waals surface area contributed by atoms with Gasteiger partial charge in [0.2, 0.25) is 0 Å². The van der Waals surface area contributed by atoms with Crippen molar-refractivity contribution in [3.63, 3.8) is 0 Å². The number of hydrogen-bond acceptors (Lipinski definition) is 5. The summed E-state index contributed by atoms with van der Waals surface area (Å²) in [7, 11) is 0. The SMILES string of the molecule is CCOc1cccc(CN2CCc3nc(C4CCCCC4)ncc3C2)c1OCC. The Morgan fingerprint density at radius 1 is 1.07 bits per heavy atom. The quantitative estimate of drug-likeness (QED) is 0.669. The maximum absolute atomic E-state index is 5.94. The lowest BCUT2D eigenvalue weighted by Crippen LogP contribution is -2.31. The van der Waals surface area contributed by atoms with Crippen LogP contribution in [-0.4, -0.2) is 34.6 Å². The van der Waals surface area contributed by atoms with E-state index in [1.54, 1.807) is 0 Å². The molecule has 2 aromatic rings. The fourth-order valence-corrected chi connectivity index (χ4v) is 4.59. The van der Waals surface area contributed by atoms with Gasteiger partial charge in [-0.1, -0.05) is 31.4 Å². The molecule has 1 aliphatic heterocycles. The van der Waals surface area contributed by atoms with E-state index in [9.17, 15) is 0 Å². The number of benzene rings is 1. The molecule has 0 spiro atoms. The standard InChI is InChI=1S/C24H33N3O2/c1-3-28-22-12-8-11-19(23(22)29-4-2)16-27-14-13-21-20(17-27)15-25-24(26-21)18-9-6-5-7-10-18/h8,11-12,15,18H,3-7,9-10,13-14,16-17H2,1-2H3. The van der Waals surface area contributed by atoms with E-state index in [2.05, 4.69) is 23.2 Å². The Morgan fingerprint density at radius 2 is 1.90 bits per heavy atom. The lowest BCUT2D eigenvalue weighted by molar-refractivity contribution is 0.232. The molecule has 1 aromatic heterocycles. The zero-order valence-electron chi connectivity index (χ0n) is 17.8. The maximum atomic E-state index is 5.94. The highest BCUT2D eigenvalue weighted by Crippen LogP contribution is 2.34. The van der Waals surface area contributed by atoms with Crippen LogP contribution in [0, 0.1) is 0 Å². The molecule has 0 saturated heterocycles. The Morgan fingerprint density at radius 3 is 2.69 bits per heavy atom. The van der Waals surface area contributed by atoms with Gasteiger partial charge in [0.1, 0.15) is 5.82 Å². The molecule has 0 N–H and O–H groups in total. The minimum atomic E-state index is 0.571. The van der Waals surface area contributed by atoms with Crippen molar-refractivity contribution in [1.29, 1.82) is 0 Å². The van der Waals surface area contributed by atoms with Gasteiger partial charge in [0.15, 0.2) is 11.5 Å². The summed E-state index contributed by atoms with van der Waals surface area (Å²) in [5.41, 5.74) is 3.71. The first-order valence-corrected chi connectivity index (χ1v) is 11.2. The highest BCUT2D eigenvalue weighted by atomic mass is 16.5. The Labute approximate surface area is 174 Å². The molecule has 1 saturated carbocycles. The molecule has 4 rings (SSSR count). The number of rotatable bonds is 7. The number of ether oxygens (including phenoxy) is 2. The molecular weight excluding hydrogens is 362 g/mol. The Balaban J connectivity index is 1.47. The molecule has 29 heavy (non-hydrogen) atoms. The third-order valence-electron chi connectivity index (χ3n) is 6.04. The summed E-state index contributed by atoms with van der Waals surface area (Å²) in [6, 6.07) is 6.19. The summed E-state index contributed by atoms with van der Waals surface area (Å²) in [5.74, 6) is 3.37. The average Bonchev–Trinajstić information content (AvgIpc) is 2.76. The first-order chi connectivity index (χ1) is 14.3. The van der Waals surface area contributed by atoms with Gasteiger partial charge < -0.3 is 9.47 Å². The molecule has 1 aromatic carbocycles. The van der Waals surface area contributed by atoms with Crippen LogP contribution >= 0.6 is 0 Å². The third-order valence-corrected chi connectivity index (χ3v) is 6.04. The summed E-state index contributed by atoms with van der Waals surface area (Å²) in [4.78, 5) is 12.2. The van der Waals surface area contributed by atoms with Crippen molar-refractivity contribution in [3.05, 3.63) is 47.0 Å². The molecule has 1 aliphatic carbocycles. The van der Waals surface area contributed by atoms with Crippen molar-refractivity contribution in [2.45, 2.75) is 71.4 Å². The van der Waals surface area contributed by atoms with E-state index in [0.29, 0.717) is 19.1 Å². The molecule has 0 bridgehead atoms. The molecule has 0 unspecified atom stereocenters. The van der Waals surface area contributed by atoms with Crippen molar-refractivity contribution in [2.75, 3.05) is 19.8 Å². The first kappa shape index (κ1) is 20.1. The van der Waals surface area contributed by atoms with Gasteiger partial charge in [-0.05, 0) is 32.8 Å². The number of nitrogens with zero attached hydrogens (tertiary/aromatic N) is 3. The minimum absolute atomic E-state index is 0.571. The third kappa shape index (κ3) is 4.72. The van der Waals surface area contributed by atoms with Crippen molar-refractivity contribution >= 4 is 0 Å². The molecule has 5 nitrogen and oxygen atoms in total. The summed E-state index contributed by atoms with van der Waals surface area (Å²) >= 11 is 0. The summed E-state index contributed by atoms with van der Waals surface area (Å²) in [5, 5.41) is 0. The van der Waals surface area contributed by atoms with Crippen LogP contribution < -0.4 is 9.47 Å². The number of para-hydroxylation sites is 1. The fraction of sp³-hybridized carbons (Fsp3) is 0.583. The van der Waals surface area contributed by atoms with E-state index in [4.69, 9.17) is 19.4 Å². The molecule has 0 atom stereocenters. The van der Waals surface area contributed by atoms with Gasteiger partial charge in [0, 0.05) is 55.0 Å². The van der Waals surface area contributed by atoms with Gasteiger partial charge in [-0.25, -0.2) is 9.97 Å². The van der Waals surface area contributed by atoms with Crippen molar-refractivity contribution in [2.24, 2.45) is 0 Å². The molecule has 5 heteroatoms. The molecule has 2 aliphatic rings. The monoisotopic (exact) mass is 395 g/mol. The predicted molar refractivity (Wildman–Crippen MR) is 114 cm³/mol. The molecule has 156 valence electrons. The highest BCUT2D eigenvalue weighted by molar-refractivity contribution is 5.46. The van der Waals surface area contributed by atoms with Gasteiger partial charge in [-0.2, -0.15) is 0 Å². The summed E-state index contributed by atoms with van der Waals surface area (Å²) in [6.07, 6.45) is 9.59. The largest absolute Gasteiger partial charge is 0.490 e. The molecule has 1 fully saturated rings. The van der Waals surface area contributed by atoms with Crippen LogP contribution in [0.3, 0.4) is 0 Å². The van der Waals surface area contributed by atoms with Crippen LogP contribution in [0.5, 0.6) is 11.5 Å². The van der Waals surface area contributed by atoms with E-state index in [1.807, 2.05) is 19.9 Å². The van der Waals surface area contributed by atoms with Crippen LogP contribution in [0.4, 0.5) is 0 Å². The van der Waals surface area contributed by atoms with E-state index >= 15 is 0 Å². The second-order valence-electron chi connectivity index (χ2n) is 8.11. The van der Waals surface area contributed by atoms with Gasteiger partial charge >= 0.3 is 0 Å². The maximum Gasteiger partial charge on any atom is 0.165 e. The van der Waals surface area contributed by atoms with Gasteiger partial charge in [-0.3, -0.25) is 4.90 Å². The van der Waals surface area contributed by atoms with Crippen molar-refractivity contribution in [1.82, 2.24) is 14.9 Å². The number of aromatic nitrogens is 2. The smallest absolute Gasteiger partial charge is 0.165 e. The second-order valence-corrected chi connectivity index (χ2v) is 8.11. The normalized spacial score (nSPS) is 17.7. The second kappa shape index (κ2) is 9.57. The van der Waals surface area contributed by atoms with Crippen LogP contribution in [0.25, 0.3) is 0 Å². The molecular formula is C24H33N3O2. The van der Waals surface area contributed by atoms with Gasteiger partial charge in [0.05, 0.1) is 13.2 Å². The topological polar surface area (TPSA) is 47.5 Å². The molecule has 0 amide bonds. The zero-order valence-corrected chi connectivity index (χ0v) is 17.8. The number of fused-ring (bicyclic) bond motifs is 1. The average molecular weight is 396 g/mol. The van der Waals surface area contributed by atoms with E-state index in [-0.39, 0.29) is 0 Å².